The Morgan fingerprint density at radius 3 is 1.32 bits per heavy atom. The second-order valence-electron chi connectivity index (χ2n) is 16.7. The fourth-order valence-corrected chi connectivity index (χ4v) is 7.90. The maximum Gasteiger partial charge on any atom is 0.472 e. The van der Waals surface area contributed by atoms with Crippen LogP contribution in [0.4, 0.5) is 0 Å². The summed E-state index contributed by atoms with van der Waals surface area (Å²) >= 11 is 0. The average molecular weight is 856 g/mol. The zero-order valence-electron chi connectivity index (χ0n) is 38.5. The van der Waals surface area contributed by atoms with Crippen molar-refractivity contribution < 1.29 is 37.6 Å². The number of carbonyl (C=O) groups excluding carboxylic acids is 2. The van der Waals surface area contributed by atoms with Crippen LogP contribution in [0.3, 0.4) is 0 Å². The summed E-state index contributed by atoms with van der Waals surface area (Å²) in [6.45, 7) is 3.75. The van der Waals surface area contributed by atoms with E-state index in [9.17, 15) is 19.0 Å². The minimum atomic E-state index is -4.38. The second-order valence-corrected chi connectivity index (χ2v) is 18.1. The molecule has 0 aromatic rings. The van der Waals surface area contributed by atoms with E-state index in [1.807, 2.05) is 0 Å². The minimum absolute atomic E-state index is 0.0546. The van der Waals surface area contributed by atoms with E-state index in [-0.39, 0.29) is 38.6 Å². The summed E-state index contributed by atoms with van der Waals surface area (Å²) in [7, 11) is -4.38. The lowest BCUT2D eigenvalue weighted by atomic mass is 10.0. The van der Waals surface area contributed by atoms with E-state index in [4.69, 9.17) is 24.3 Å². The molecule has 9 nitrogen and oxygen atoms in total. The van der Waals surface area contributed by atoms with Crippen LogP contribution in [0.2, 0.25) is 0 Å². The van der Waals surface area contributed by atoms with Gasteiger partial charge in [-0.05, 0) is 44.9 Å². The molecule has 10 heteroatoms. The van der Waals surface area contributed by atoms with Crippen molar-refractivity contribution in [2.24, 2.45) is 5.73 Å². The number of hydrogen-bond donors (Lipinski definition) is 2. The summed E-state index contributed by atoms with van der Waals surface area (Å²) in [6, 6.07) is 0. The van der Waals surface area contributed by atoms with Crippen molar-refractivity contribution in [3.63, 3.8) is 0 Å². The molecule has 1 unspecified atom stereocenters. The molecule has 0 aliphatic rings. The smallest absolute Gasteiger partial charge is 0.462 e. The van der Waals surface area contributed by atoms with Crippen LogP contribution in [-0.4, -0.2) is 49.3 Å². The maximum atomic E-state index is 12.6. The van der Waals surface area contributed by atoms with E-state index in [0.29, 0.717) is 6.42 Å². The zero-order valence-corrected chi connectivity index (χ0v) is 39.4. The first-order valence-electron chi connectivity index (χ1n) is 24.8. The Hall–Kier alpha value is -1.51. The number of hydrogen-bond acceptors (Lipinski definition) is 8. The summed E-state index contributed by atoms with van der Waals surface area (Å²) in [5, 5.41) is 0. The molecule has 0 aliphatic heterocycles. The number of esters is 2. The average Bonchev–Trinajstić information content (AvgIpc) is 3.22. The Bertz CT molecular complexity index is 1020. The minimum Gasteiger partial charge on any atom is -0.462 e. The Labute approximate surface area is 363 Å². The molecule has 2 atom stereocenters. The van der Waals surface area contributed by atoms with Crippen molar-refractivity contribution in [3.05, 3.63) is 24.3 Å². The third-order valence-corrected chi connectivity index (χ3v) is 11.8. The lowest BCUT2D eigenvalue weighted by Crippen LogP contribution is -2.29. The monoisotopic (exact) mass is 856 g/mol. The van der Waals surface area contributed by atoms with E-state index in [1.54, 1.807) is 0 Å². The first kappa shape index (κ1) is 57.5. The molecule has 0 bridgehead atoms. The van der Waals surface area contributed by atoms with Gasteiger partial charge >= 0.3 is 19.8 Å². The van der Waals surface area contributed by atoms with Gasteiger partial charge in [0.1, 0.15) is 6.61 Å². The van der Waals surface area contributed by atoms with E-state index in [1.165, 1.54) is 161 Å². The molecule has 348 valence electrons. The summed E-state index contributed by atoms with van der Waals surface area (Å²) in [4.78, 5) is 35.0. The van der Waals surface area contributed by atoms with E-state index in [2.05, 4.69) is 38.2 Å². The van der Waals surface area contributed by atoms with Crippen molar-refractivity contribution in [3.8, 4) is 0 Å². The van der Waals surface area contributed by atoms with Crippen LogP contribution in [0.1, 0.15) is 245 Å². The van der Waals surface area contributed by atoms with Gasteiger partial charge in [0.15, 0.2) is 6.10 Å². The lowest BCUT2D eigenvalue weighted by molar-refractivity contribution is -0.161. The van der Waals surface area contributed by atoms with Gasteiger partial charge in [0.05, 0.1) is 13.2 Å². The van der Waals surface area contributed by atoms with Crippen LogP contribution < -0.4 is 5.73 Å². The number of carbonyl (C=O) groups is 2. The van der Waals surface area contributed by atoms with Crippen molar-refractivity contribution in [1.29, 1.82) is 0 Å². The van der Waals surface area contributed by atoms with Crippen molar-refractivity contribution in [2.45, 2.75) is 251 Å². The molecule has 0 spiro atoms. The molecule has 0 radical (unpaired) electrons. The summed E-state index contributed by atoms with van der Waals surface area (Å²) < 4.78 is 32.9. The molecule has 0 fully saturated rings. The summed E-state index contributed by atoms with van der Waals surface area (Å²) in [5.41, 5.74) is 5.36. The van der Waals surface area contributed by atoms with E-state index >= 15 is 0 Å². The van der Waals surface area contributed by atoms with Gasteiger partial charge in [-0.2, -0.15) is 0 Å². The first-order chi connectivity index (χ1) is 28.8. The fraction of sp³-hybridized carbons (Fsp3) is 0.878. The molecular weight excluding hydrogens is 762 g/mol. The quantitative estimate of drug-likeness (QED) is 0.0265. The fourth-order valence-electron chi connectivity index (χ4n) is 7.14. The number of unbranched alkanes of at least 4 members (excludes halogenated alkanes) is 30. The number of rotatable bonds is 47. The van der Waals surface area contributed by atoms with Crippen molar-refractivity contribution >= 4 is 19.8 Å². The normalized spacial score (nSPS) is 13.4. The van der Waals surface area contributed by atoms with Crippen molar-refractivity contribution in [2.75, 3.05) is 26.4 Å². The molecule has 3 N–H and O–H groups in total. The predicted molar refractivity (Wildman–Crippen MR) is 247 cm³/mol. The SMILES string of the molecule is CCCCC/C=C/C/C=C/CCCCCCCCCCCC(=O)O[C@H](COC(=O)CCCCCCCCCCCCCCCCCCCCC)COP(=O)(O)OCCN. The molecule has 0 saturated carbocycles. The predicted octanol–water partition coefficient (Wildman–Crippen LogP) is 14.7. The highest BCUT2D eigenvalue weighted by Crippen LogP contribution is 2.43. The Morgan fingerprint density at radius 2 is 0.881 bits per heavy atom. The maximum absolute atomic E-state index is 12.6. The summed E-state index contributed by atoms with van der Waals surface area (Å²) in [5.74, 6) is -0.820. The second kappa shape index (κ2) is 46.0. The molecule has 0 saturated heterocycles. The highest BCUT2D eigenvalue weighted by molar-refractivity contribution is 7.47. The number of nitrogens with two attached hydrogens (primary N) is 1. The number of phosphoric ester groups is 1. The van der Waals surface area contributed by atoms with Crippen LogP contribution in [0.5, 0.6) is 0 Å². The lowest BCUT2D eigenvalue weighted by Gasteiger charge is -2.19. The molecule has 0 aromatic heterocycles. The topological polar surface area (TPSA) is 134 Å². The number of ether oxygens (including phenoxy) is 2. The largest absolute Gasteiger partial charge is 0.472 e. The molecule has 0 heterocycles. The van der Waals surface area contributed by atoms with Gasteiger partial charge in [0.25, 0.3) is 0 Å². The Balaban J connectivity index is 4.04. The van der Waals surface area contributed by atoms with Crippen LogP contribution in [0, 0.1) is 0 Å². The van der Waals surface area contributed by atoms with E-state index in [0.717, 1.165) is 51.4 Å². The third-order valence-electron chi connectivity index (χ3n) is 10.8. The highest BCUT2D eigenvalue weighted by atomic mass is 31.2. The number of phosphoric acid groups is 1. The Kier molecular flexibility index (Phi) is 44.8. The van der Waals surface area contributed by atoms with Crippen LogP contribution in [-0.2, 0) is 32.7 Å². The van der Waals surface area contributed by atoms with Gasteiger partial charge in [-0.3, -0.25) is 18.6 Å². The van der Waals surface area contributed by atoms with Gasteiger partial charge in [-0.15, -0.1) is 0 Å². The highest BCUT2D eigenvalue weighted by Gasteiger charge is 2.26. The molecular formula is C49H94NO8P. The zero-order chi connectivity index (χ0) is 43.2. The van der Waals surface area contributed by atoms with E-state index < -0.39 is 26.5 Å². The number of allylic oxidation sites excluding steroid dienone is 4. The third kappa shape index (κ3) is 45.8. The molecule has 0 amide bonds. The first-order valence-corrected chi connectivity index (χ1v) is 26.3. The van der Waals surface area contributed by atoms with Crippen molar-refractivity contribution in [1.82, 2.24) is 0 Å². The van der Waals surface area contributed by atoms with Crippen LogP contribution in [0.15, 0.2) is 24.3 Å². The van der Waals surface area contributed by atoms with Gasteiger partial charge in [0.2, 0.25) is 0 Å². The van der Waals surface area contributed by atoms with Gasteiger partial charge in [0, 0.05) is 19.4 Å². The summed E-state index contributed by atoms with van der Waals surface area (Å²) in [6.07, 6.45) is 50.6. The van der Waals surface area contributed by atoms with Gasteiger partial charge < -0.3 is 20.1 Å². The van der Waals surface area contributed by atoms with Gasteiger partial charge in [-0.1, -0.05) is 212 Å². The molecule has 59 heavy (non-hydrogen) atoms. The van der Waals surface area contributed by atoms with Gasteiger partial charge in [-0.25, -0.2) is 4.57 Å². The van der Waals surface area contributed by atoms with Crippen LogP contribution in [0.25, 0.3) is 0 Å². The Morgan fingerprint density at radius 1 is 0.508 bits per heavy atom. The standard InChI is InChI=1S/C49H94NO8P/c1-3-5-7-9-11-13-15-17-19-21-23-25-27-29-31-33-35-37-39-41-48(51)55-45-47(46-57-59(53,54)56-44-43-50)58-49(52)42-40-38-36-34-32-30-28-26-24-22-20-18-16-14-12-10-8-6-4-2/h12,14,18,20,47H,3-11,13,15-17,19,21-46,50H2,1-2H3,(H,53,54)/b14-12+,20-18+/t47-/m1/s1. The molecule has 0 aromatic carbocycles. The molecule has 0 aliphatic carbocycles. The molecule has 0 rings (SSSR count). The van der Waals surface area contributed by atoms with Crippen LogP contribution >= 0.6 is 7.82 Å².